The second-order valence-corrected chi connectivity index (χ2v) is 3.96. The van der Waals surface area contributed by atoms with E-state index < -0.39 is 5.91 Å². The Hall–Kier alpha value is -1.43. The van der Waals surface area contributed by atoms with E-state index in [0.29, 0.717) is 17.7 Å². The van der Waals surface area contributed by atoms with Crippen molar-refractivity contribution in [1.29, 1.82) is 0 Å². The lowest BCUT2D eigenvalue weighted by Crippen LogP contribution is -2.08. The van der Waals surface area contributed by atoms with Gasteiger partial charge in [-0.05, 0) is 18.6 Å². The Bertz CT molecular complexity index is 348. The van der Waals surface area contributed by atoms with E-state index in [1.165, 1.54) is 11.3 Å². The van der Waals surface area contributed by atoms with Crippen LogP contribution in [0.2, 0.25) is 0 Å². The van der Waals surface area contributed by atoms with E-state index in [1.54, 1.807) is 12.1 Å². The number of aryl methyl sites for hydroxylation is 1. The number of hydrogen-bond donors (Lipinski definition) is 1. The largest absolute Gasteiger partial charge is 0.365 e. The molecule has 5 nitrogen and oxygen atoms in total. The minimum Gasteiger partial charge on any atom is -0.365 e. The number of rotatable bonds is 5. The number of nitrogens with two attached hydrogens (primary N) is 1. The molecular weight excluding hydrogens is 204 g/mol. The standard InChI is InChI=1S/C8H10N2O3S/c9-8(11)7-4-3-6(14-7)2-1-5-10(12)13/h3-4H,1-2,5H2,(H2,9,11). The number of hydrogen-bond acceptors (Lipinski definition) is 4. The van der Waals surface area contributed by atoms with Crippen LogP contribution in [0.4, 0.5) is 0 Å². The highest BCUT2D eigenvalue weighted by atomic mass is 32.1. The van der Waals surface area contributed by atoms with Gasteiger partial charge in [-0.3, -0.25) is 14.9 Å². The summed E-state index contributed by atoms with van der Waals surface area (Å²) in [5.41, 5.74) is 5.07. The molecule has 0 aliphatic rings. The quantitative estimate of drug-likeness (QED) is 0.587. The number of nitro groups is 1. The number of nitrogens with zero attached hydrogens (tertiary/aromatic N) is 1. The molecule has 0 saturated heterocycles. The molecule has 0 saturated carbocycles. The molecule has 76 valence electrons. The topological polar surface area (TPSA) is 86.2 Å². The maximum Gasteiger partial charge on any atom is 0.258 e. The summed E-state index contributed by atoms with van der Waals surface area (Å²) in [6, 6.07) is 3.43. The first-order valence-corrected chi connectivity index (χ1v) is 4.91. The first-order chi connectivity index (χ1) is 6.59. The van der Waals surface area contributed by atoms with Crippen LogP contribution >= 0.6 is 11.3 Å². The van der Waals surface area contributed by atoms with Gasteiger partial charge in [-0.15, -0.1) is 11.3 Å². The second kappa shape index (κ2) is 4.71. The highest BCUT2D eigenvalue weighted by molar-refractivity contribution is 7.14. The third kappa shape index (κ3) is 3.14. The smallest absolute Gasteiger partial charge is 0.258 e. The molecule has 1 aromatic rings. The van der Waals surface area contributed by atoms with Gasteiger partial charge in [0, 0.05) is 16.2 Å². The molecule has 0 spiro atoms. The average Bonchev–Trinajstić information content (AvgIpc) is 2.52. The van der Waals surface area contributed by atoms with Gasteiger partial charge in [0.25, 0.3) is 5.91 Å². The monoisotopic (exact) mass is 214 g/mol. The van der Waals surface area contributed by atoms with Gasteiger partial charge in [-0.1, -0.05) is 0 Å². The minimum atomic E-state index is -0.449. The maximum absolute atomic E-state index is 10.7. The maximum atomic E-state index is 10.7. The molecule has 0 fully saturated rings. The van der Waals surface area contributed by atoms with Crippen LogP contribution in [0, 0.1) is 10.1 Å². The number of carbonyl (C=O) groups excluding carboxylic acids is 1. The summed E-state index contributed by atoms with van der Waals surface area (Å²) >= 11 is 1.30. The molecule has 0 aromatic carbocycles. The summed E-state index contributed by atoms with van der Waals surface area (Å²) in [6.07, 6.45) is 1.12. The van der Waals surface area contributed by atoms with E-state index >= 15 is 0 Å². The number of thiophene rings is 1. The van der Waals surface area contributed by atoms with Crippen molar-refractivity contribution in [2.75, 3.05) is 6.54 Å². The van der Waals surface area contributed by atoms with Crippen LogP contribution in [-0.4, -0.2) is 17.4 Å². The van der Waals surface area contributed by atoms with Crippen LogP contribution in [0.5, 0.6) is 0 Å². The minimum absolute atomic E-state index is 0.0379. The van der Waals surface area contributed by atoms with E-state index in [4.69, 9.17) is 5.73 Å². The van der Waals surface area contributed by atoms with Crippen molar-refractivity contribution in [3.8, 4) is 0 Å². The zero-order valence-corrected chi connectivity index (χ0v) is 8.25. The van der Waals surface area contributed by atoms with Crippen molar-refractivity contribution in [3.05, 3.63) is 32.0 Å². The Morgan fingerprint density at radius 2 is 2.29 bits per heavy atom. The lowest BCUT2D eigenvalue weighted by atomic mass is 10.2. The molecule has 0 atom stereocenters. The highest BCUT2D eigenvalue weighted by Crippen LogP contribution is 2.17. The highest BCUT2D eigenvalue weighted by Gasteiger charge is 2.05. The lowest BCUT2D eigenvalue weighted by Gasteiger charge is -1.92. The zero-order chi connectivity index (χ0) is 10.6. The van der Waals surface area contributed by atoms with Crippen LogP contribution in [0.1, 0.15) is 21.0 Å². The molecule has 2 N–H and O–H groups in total. The van der Waals surface area contributed by atoms with Crippen molar-refractivity contribution in [2.24, 2.45) is 5.73 Å². The van der Waals surface area contributed by atoms with Gasteiger partial charge < -0.3 is 5.73 Å². The van der Waals surface area contributed by atoms with Crippen LogP contribution in [0.15, 0.2) is 12.1 Å². The van der Waals surface area contributed by atoms with Gasteiger partial charge >= 0.3 is 0 Å². The number of amides is 1. The van der Waals surface area contributed by atoms with E-state index in [1.807, 2.05) is 0 Å². The fourth-order valence-electron chi connectivity index (χ4n) is 1.03. The Labute approximate surface area is 84.7 Å². The van der Waals surface area contributed by atoms with Crippen molar-refractivity contribution in [3.63, 3.8) is 0 Å². The normalized spacial score (nSPS) is 10.0. The molecule has 14 heavy (non-hydrogen) atoms. The molecule has 0 bridgehead atoms. The van der Waals surface area contributed by atoms with E-state index in [9.17, 15) is 14.9 Å². The number of primary amides is 1. The first kappa shape index (κ1) is 10.6. The van der Waals surface area contributed by atoms with Gasteiger partial charge in [0.1, 0.15) is 0 Å². The fourth-order valence-corrected chi connectivity index (χ4v) is 1.93. The molecule has 0 aliphatic heterocycles. The Kier molecular flexibility index (Phi) is 3.58. The van der Waals surface area contributed by atoms with Crippen LogP contribution < -0.4 is 5.73 Å². The molecular formula is C8H10N2O3S. The van der Waals surface area contributed by atoms with Gasteiger partial charge in [-0.25, -0.2) is 0 Å². The number of carbonyl (C=O) groups is 1. The van der Waals surface area contributed by atoms with Gasteiger partial charge in [0.05, 0.1) is 4.88 Å². The Morgan fingerprint density at radius 3 is 2.79 bits per heavy atom. The van der Waals surface area contributed by atoms with Gasteiger partial charge in [-0.2, -0.15) is 0 Å². The molecule has 1 amide bonds. The van der Waals surface area contributed by atoms with Crippen molar-refractivity contribution < 1.29 is 9.72 Å². The van der Waals surface area contributed by atoms with E-state index in [0.717, 1.165) is 4.88 Å². The fraction of sp³-hybridized carbons (Fsp3) is 0.375. The molecule has 0 unspecified atom stereocenters. The van der Waals surface area contributed by atoms with Crippen LogP contribution in [0.3, 0.4) is 0 Å². The zero-order valence-electron chi connectivity index (χ0n) is 7.43. The third-order valence-electron chi connectivity index (χ3n) is 1.67. The van der Waals surface area contributed by atoms with Gasteiger partial charge in [0.2, 0.25) is 6.54 Å². The summed E-state index contributed by atoms with van der Waals surface area (Å²) in [4.78, 5) is 21.9. The third-order valence-corrected chi connectivity index (χ3v) is 2.83. The average molecular weight is 214 g/mol. The molecule has 0 radical (unpaired) electrons. The van der Waals surface area contributed by atoms with E-state index in [2.05, 4.69) is 0 Å². The van der Waals surface area contributed by atoms with Gasteiger partial charge in [0.15, 0.2) is 0 Å². The summed E-state index contributed by atoms with van der Waals surface area (Å²) in [6.45, 7) is -0.0379. The molecule has 6 heteroatoms. The Balaban J connectivity index is 2.44. The van der Waals surface area contributed by atoms with Crippen LogP contribution in [-0.2, 0) is 6.42 Å². The van der Waals surface area contributed by atoms with E-state index in [-0.39, 0.29) is 11.5 Å². The lowest BCUT2D eigenvalue weighted by molar-refractivity contribution is -0.480. The molecule has 1 heterocycles. The second-order valence-electron chi connectivity index (χ2n) is 2.79. The van der Waals surface area contributed by atoms with Crippen LogP contribution in [0.25, 0.3) is 0 Å². The molecule has 1 rings (SSSR count). The summed E-state index contributed by atoms with van der Waals surface area (Å²) in [7, 11) is 0. The molecule has 1 aromatic heterocycles. The summed E-state index contributed by atoms with van der Waals surface area (Å²) < 4.78 is 0. The predicted octanol–water partition coefficient (Wildman–Crippen LogP) is 1.06. The molecule has 0 aliphatic carbocycles. The Morgan fingerprint density at radius 1 is 1.57 bits per heavy atom. The first-order valence-electron chi connectivity index (χ1n) is 4.10. The SMILES string of the molecule is NC(=O)c1ccc(CCC[N+](=O)[O-])s1. The van der Waals surface area contributed by atoms with Crippen molar-refractivity contribution >= 4 is 17.2 Å². The summed E-state index contributed by atoms with van der Waals surface area (Å²) in [5.74, 6) is -0.449. The summed E-state index contributed by atoms with van der Waals surface area (Å²) in [5, 5.41) is 10.0. The predicted molar refractivity (Wildman–Crippen MR) is 53.0 cm³/mol. The van der Waals surface area contributed by atoms with Crippen molar-refractivity contribution in [1.82, 2.24) is 0 Å². The van der Waals surface area contributed by atoms with Crippen molar-refractivity contribution in [2.45, 2.75) is 12.8 Å².